The number of hydrogen-bond donors (Lipinski definition) is 1. The van der Waals surface area contributed by atoms with Crippen LogP contribution in [-0.4, -0.2) is 73.6 Å². The first-order valence-corrected chi connectivity index (χ1v) is 11.1. The molecule has 7 heteroatoms. The Morgan fingerprint density at radius 3 is 2.28 bits per heavy atom. The van der Waals surface area contributed by atoms with E-state index < -0.39 is 6.10 Å². The van der Waals surface area contributed by atoms with Gasteiger partial charge in [0, 0.05) is 48.8 Å². The number of halogens is 2. The van der Waals surface area contributed by atoms with Crippen molar-refractivity contribution in [1.29, 1.82) is 0 Å². The Balaban J connectivity index is 1.25. The largest absolute Gasteiger partial charge is 0.491 e. The summed E-state index contributed by atoms with van der Waals surface area (Å²) in [5.41, 5.74) is 1.28. The molecular weight excluding hydrogens is 456 g/mol. The van der Waals surface area contributed by atoms with E-state index in [2.05, 4.69) is 37.9 Å². The van der Waals surface area contributed by atoms with Gasteiger partial charge in [-0.05, 0) is 42.0 Å². The van der Waals surface area contributed by atoms with Crippen LogP contribution in [0.25, 0.3) is 0 Å². The third-order valence-electron chi connectivity index (χ3n) is 4.87. The van der Waals surface area contributed by atoms with E-state index >= 15 is 0 Å². The predicted octanol–water partition coefficient (Wildman–Crippen LogP) is 3.68. The van der Waals surface area contributed by atoms with Gasteiger partial charge in [-0.1, -0.05) is 39.7 Å². The van der Waals surface area contributed by atoms with E-state index in [-0.39, 0.29) is 0 Å². The molecule has 29 heavy (non-hydrogen) atoms. The molecule has 3 rings (SSSR count). The number of ether oxygens (including phenoxy) is 2. The van der Waals surface area contributed by atoms with Crippen LogP contribution >= 0.6 is 27.5 Å². The predicted molar refractivity (Wildman–Crippen MR) is 120 cm³/mol. The lowest BCUT2D eigenvalue weighted by atomic mass is 10.2. The summed E-state index contributed by atoms with van der Waals surface area (Å²) in [6.45, 7) is 6.74. The van der Waals surface area contributed by atoms with Gasteiger partial charge in [-0.3, -0.25) is 9.80 Å². The van der Waals surface area contributed by atoms with E-state index in [4.69, 9.17) is 21.1 Å². The molecule has 0 spiro atoms. The highest BCUT2D eigenvalue weighted by molar-refractivity contribution is 9.10. The van der Waals surface area contributed by atoms with E-state index in [9.17, 15) is 5.11 Å². The van der Waals surface area contributed by atoms with Crippen molar-refractivity contribution in [2.75, 3.05) is 52.5 Å². The lowest BCUT2D eigenvalue weighted by Gasteiger charge is -2.35. The molecule has 0 radical (unpaired) electrons. The second-order valence-corrected chi connectivity index (χ2v) is 8.59. The Morgan fingerprint density at radius 2 is 1.59 bits per heavy atom. The van der Waals surface area contributed by atoms with Crippen molar-refractivity contribution >= 4 is 27.5 Å². The molecule has 1 heterocycles. The van der Waals surface area contributed by atoms with Gasteiger partial charge in [0.1, 0.15) is 12.4 Å². The van der Waals surface area contributed by atoms with Crippen molar-refractivity contribution in [2.45, 2.75) is 12.6 Å². The van der Waals surface area contributed by atoms with Gasteiger partial charge >= 0.3 is 0 Å². The monoisotopic (exact) mass is 482 g/mol. The fourth-order valence-corrected chi connectivity index (χ4v) is 3.69. The summed E-state index contributed by atoms with van der Waals surface area (Å²) >= 11 is 9.34. The molecule has 0 amide bonds. The van der Waals surface area contributed by atoms with Crippen molar-refractivity contribution in [2.24, 2.45) is 0 Å². The Kier molecular flexibility index (Phi) is 9.24. The van der Waals surface area contributed by atoms with Crippen molar-refractivity contribution in [3.8, 4) is 5.75 Å². The highest BCUT2D eigenvalue weighted by Gasteiger charge is 2.19. The van der Waals surface area contributed by atoms with Gasteiger partial charge in [-0.2, -0.15) is 0 Å². The number of hydrogen-bond acceptors (Lipinski definition) is 5. The van der Waals surface area contributed by atoms with Gasteiger partial charge in [-0.15, -0.1) is 0 Å². The SMILES string of the molecule is OC(COCCOc1ccc(Br)cc1)CN1CCN(Cc2ccc(Cl)cc2)CC1. The van der Waals surface area contributed by atoms with Gasteiger partial charge in [-0.25, -0.2) is 0 Å². The second kappa shape index (κ2) is 11.9. The normalized spacial score (nSPS) is 16.7. The molecule has 5 nitrogen and oxygen atoms in total. The van der Waals surface area contributed by atoms with E-state index in [0.29, 0.717) is 26.4 Å². The maximum Gasteiger partial charge on any atom is 0.119 e. The van der Waals surface area contributed by atoms with Crippen LogP contribution in [0.4, 0.5) is 0 Å². The van der Waals surface area contributed by atoms with Crippen LogP contribution in [0.1, 0.15) is 5.56 Å². The first-order valence-electron chi connectivity index (χ1n) is 9.92. The third kappa shape index (κ3) is 8.24. The summed E-state index contributed by atoms with van der Waals surface area (Å²) < 4.78 is 12.2. The fraction of sp³-hybridized carbons (Fsp3) is 0.455. The molecule has 1 saturated heterocycles. The topological polar surface area (TPSA) is 45.2 Å². The molecule has 2 aromatic carbocycles. The number of aliphatic hydroxyl groups excluding tert-OH is 1. The number of aliphatic hydroxyl groups is 1. The molecule has 1 unspecified atom stereocenters. The Bertz CT molecular complexity index is 722. The molecular formula is C22H28BrClN2O3. The van der Waals surface area contributed by atoms with Crippen molar-refractivity contribution < 1.29 is 14.6 Å². The minimum absolute atomic E-state index is 0.328. The molecule has 0 bridgehead atoms. The lowest BCUT2D eigenvalue weighted by Crippen LogP contribution is -2.48. The van der Waals surface area contributed by atoms with Crippen LogP contribution in [0.5, 0.6) is 5.75 Å². The molecule has 2 aromatic rings. The summed E-state index contributed by atoms with van der Waals surface area (Å²) in [6.07, 6.45) is -0.481. The number of nitrogens with zero attached hydrogens (tertiary/aromatic N) is 2. The maximum atomic E-state index is 10.2. The molecule has 1 fully saturated rings. The molecule has 1 N–H and O–H groups in total. The van der Waals surface area contributed by atoms with Crippen LogP contribution in [0.15, 0.2) is 53.0 Å². The van der Waals surface area contributed by atoms with E-state index in [1.165, 1.54) is 5.56 Å². The van der Waals surface area contributed by atoms with Gasteiger partial charge in [0.05, 0.1) is 19.3 Å². The van der Waals surface area contributed by atoms with E-state index in [0.717, 1.165) is 48.0 Å². The summed E-state index contributed by atoms with van der Waals surface area (Å²) in [7, 11) is 0. The standard InChI is InChI=1S/C22H28BrClN2O3/c23-19-3-7-22(8-4-19)29-14-13-28-17-21(27)16-26-11-9-25(10-12-26)15-18-1-5-20(24)6-2-18/h1-8,21,27H,9-17H2. The van der Waals surface area contributed by atoms with Crippen molar-refractivity contribution in [1.82, 2.24) is 9.80 Å². The smallest absolute Gasteiger partial charge is 0.119 e. The molecule has 1 aliphatic rings. The Morgan fingerprint density at radius 1 is 0.931 bits per heavy atom. The number of benzene rings is 2. The summed E-state index contributed by atoms with van der Waals surface area (Å²) in [5.74, 6) is 0.814. The van der Waals surface area contributed by atoms with E-state index in [1.54, 1.807) is 0 Å². The first kappa shape index (κ1) is 22.5. The fourth-order valence-electron chi connectivity index (χ4n) is 3.30. The summed E-state index contributed by atoms with van der Waals surface area (Å²) in [6, 6.07) is 15.7. The second-order valence-electron chi connectivity index (χ2n) is 7.23. The average Bonchev–Trinajstić information content (AvgIpc) is 2.72. The molecule has 0 saturated carbocycles. The zero-order valence-corrected chi connectivity index (χ0v) is 18.8. The van der Waals surface area contributed by atoms with Gasteiger partial charge in [0.15, 0.2) is 0 Å². The Hall–Kier alpha value is -1.15. The van der Waals surface area contributed by atoms with Crippen LogP contribution in [0.3, 0.4) is 0 Å². The van der Waals surface area contributed by atoms with Crippen molar-refractivity contribution in [3.05, 3.63) is 63.6 Å². The number of β-amino-alcohol motifs (C(OH)–C–C–N with tert-alkyl or cyclic N) is 1. The number of rotatable bonds is 10. The maximum absolute atomic E-state index is 10.2. The highest BCUT2D eigenvalue weighted by atomic mass is 79.9. The van der Waals surface area contributed by atoms with Gasteiger partial charge in [0.25, 0.3) is 0 Å². The third-order valence-corrected chi connectivity index (χ3v) is 5.65. The molecule has 158 valence electrons. The number of piperazine rings is 1. The summed E-state index contributed by atoms with van der Waals surface area (Å²) in [4.78, 5) is 4.73. The minimum atomic E-state index is -0.481. The minimum Gasteiger partial charge on any atom is -0.491 e. The molecule has 0 aromatic heterocycles. The molecule has 1 atom stereocenters. The molecule has 0 aliphatic carbocycles. The zero-order chi connectivity index (χ0) is 20.5. The highest BCUT2D eigenvalue weighted by Crippen LogP contribution is 2.16. The van der Waals surface area contributed by atoms with Crippen LogP contribution in [-0.2, 0) is 11.3 Å². The summed E-state index contributed by atoms with van der Waals surface area (Å²) in [5, 5.41) is 11.0. The Labute approximate surface area is 186 Å². The lowest BCUT2D eigenvalue weighted by molar-refractivity contribution is -0.000436. The quantitative estimate of drug-likeness (QED) is 0.522. The van der Waals surface area contributed by atoms with Gasteiger partial charge < -0.3 is 14.6 Å². The van der Waals surface area contributed by atoms with E-state index in [1.807, 2.05) is 36.4 Å². The first-order chi connectivity index (χ1) is 14.1. The van der Waals surface area contributed by atoms with Crippen LogP contribution in [0.2, 0.25) is 5.02 Å². The molecule has 1 aliphatic heterocycles. The van der Waals surface area contributed by atoms with Crippen LogP contribution < -0.4 is 4.74 Å². The van der Waals surface area contributed by atoms with Gasteiger partial charge in [0.2, 0.25) is 0 Å². The zero-order valence-electron chi connectivity index (χ0n) is 16.5. The van der Waals surface area contributed by atoms with Crippen LogP contribution in [0, 0.1) is 0 Å². The average molecular weight is 484 g/mol. The van der Waals surface area contributed by atoms with Crippen molar-refractivity contribution in [3.63, 3.8) is 0 Å².